The van der Waals surface area contributed by atoms with Gasteiger partial charge in [0.15, 0.2) is 0 Å². The topological polar surface area (TPSA) is 0 Å². The van der Waals surface area contributed by atoms with Gasteiger partial charge in [-0.25, -0.2) is 0 Å². The van der Waals surface area contributed by atoms with Crippen molar-refractivity contribution >= 4 is 44.5 Å². The SMILES string of the molecule is C=C1/C(=C\C(=C/C)c2ccc(I)c3ccccc23)C(C)(C)c2ccccc21. The first kappa shape index (κ1) is 18.2. The maximum atomic E-state index is 4.43. The van der Waals surface area contributed by atoms with E-state index in [1.54, 1.807) is 0 Å². The van der Waals surface area contributed by atoms with E-state index in [0.717, 1.165) is 5.57 Å². The van der Waals surface area contributed by atoms with Crippen LogP contribution in [-0.2, 0) is 5.41 Å². The molecule has 0 aliphatic heterocycles. The molecular formula is C26H23I. The normalized spacial score (nSPS) is 17.6. The lowest BCUT2D eigenvalue weighted by molar-refractivity contribution is 0.661. The van der Waals surface area contributed by atoms with E-state index in [0.29, 0.717) is 0 Å². The highest BCUT2D eigenvalue weighted by atomic mass is 127. The maximum absolute atomic E-state index is 4.43. The van der Waals surface area contributed by atoms with Crippen molar-refractivity contribution < 1.29 is 0 Å². The van der Waals surface area contributed by atoms with Gasteiger partial charge in [-0.1, -0.05) is 81.1 Å². The van der Waals surface area contributed by atoms with Gasteiger partial charge in [0.25, 0.3) is 0 Å². The zero-order chi connectivity index (χ0) is 19.2. The first-order valence-corrected chi connectivity index (χ1v) is 10.4. The number of fused-ring (bicyclic) bond motifs is 2. The van der Waals surface area contributed by atoms with Crippen LogP contribution in [0.3, 0.4) is 0 Å². The third kappa shape index (κ3) is 2.89. The summed E-state index contributed by atoms with van der Waals surface area (Å²) in [6, 6.07) is 21.8. The smallest absolute Gasteiger partial charge is 0.0209 e. The van der Waals surface area contributed by atoms with E-state index < -0.39 is 0 Å². The first-order chi connectivity index (χ1) is 12.9. The van der Waals surface area contributed by atoms with Crippen LogP contribution in [0.4, 0.5) is 0 Å². The molecule has 4 rings (SSSR count). The highest BCUT2D eigenvalue weighted by Gasteiger charge is 2.36. The van der Waals surface area contributed by atoms with Gasteiger partial charge in [0.05, 0.1) is 0 Å². The van der Waals surface area contributed by atoms with Crippen molar-refractivity contribution in [2.45, 2.75) is 26.2 Å². The quantitative estimate of drug-likeness (QED) is 0.341. The van der Waals surface area contributed by atoms with Crippen molar-refractivity contribution in [2.75, 3.05) is 0 Å². The van der Waals surface area contributed by atoms with Crippen molar-refractivity contribution in [2.24, 2.45) is 0 Å². The number of hydrogen-bond acceptors (Lipinski definition) is 0. The summed E-state index contributed by atoms with van der Waals surface area (Å²) in [5.41, 5.74) is 7.58. The van der Waals surface area contributed by atoms with Crippen LogP contribution in [0.25, 0.3) is 21.9 Å². The maximum Gasteiger partial charge on any atom is 0.0209 e. The van der Waals surface area contributed by atoms with Gasteiger partial charge < -0.3 is 0 Å². The van der Waals surface area contributed by atoms with Crippen LogP contribution in [0.15, 0.2) is 85.0 Å². The molecule has 0 N–H and O–H groups in total. The van der Waals surface area contributed by atoms with E-state index >= 15 is 0 Å². The molecule has 0 atom stereocenters. The van der Waals surface area contributed by atoms with Gasteiger partial charge in [-0.05, 0) is 85.8 Å². The van der Waals surface area contributed by atoms with E-state index in [-0.39, 0.29) is 5.41 Å². The summed E-state index contributed by atoms with van der Waals surface area (Å²) in [6.07, 6.45) is 4.56. The Morgan fingerprint density at radius 3 is 2.30 bits per heavy atom. The zero-order valence-electron chi connectivity index (χ0n) is 16.0. The highest BCUT2D eigenvalue weighted by molar-refractivity contribution is 14.1. The fourth-order valence-corrected chi connectivity index (χ4v) is 4.86. The van der Waals surface area contributed by atoms with Crippen molar-refractivity contribution in [3.8, 4) is 0 Å². The molecule has 0 saturated carbocycles. The second kappa shape index (κ2) is 6.79. The van der Waals surface area contributed by atoms with Crippen LogP contribution in [0.5, 0.6) is 0 Å². The van der Waals surface area contributed by atoms with Crippen molar-refractivity contribution in [1.29, 1.82) is 0 Å². The Hall–Kier alpha value is -2.13. The number of rotatable bonds is 2. The second-order valence-electron chi connectivity index (χ2n) is 7.59. The molecular weight excluding hydrogens is 439 g/mol. The Kier molecular flexibility index (Phi) is 4.59. The minimum Gasteiger partial charge on any atom is -0.0908 e. The summed E-state index contributed by atoms with van der Waals surface area (Å²) in [4.78, 5) is 0. The molecule has 0 unspecified atom stereocenters. The molecule has 0 heterocycles. The van der Waals surface area contributed by atoms with Crippen LogP contribution in [0.1, 0.15) is 37.5 Å². The van der Waals surface area contributed by atoms with Crippen LogP contribution in [0, 0.1) is 3.57 Å². The Labute approximate surface area is 175 Å². The van der Waals surface area contributed by atoms with Gasteiger partial charge in [0.1, 0.15) is 0 Å². The van der Waals surface area contributed by atoms with E-state index in [4.69, 9.17) is 0 Å². The second-order valence-corrected chi connectivity index (χ2v) is 8.75. The molecule has 27 heavy (non-hydrogen) atoms. The van der Waals surface area contributed by atoms with Gasteiger partial charge in [-0.2, -0.15) is 0 Å². The lowest BCUT2D eigenvalue weighted by Gasteiger charge is -2.23. The summed E-state index contributed by atoms with van der Waals surface area (Å²) in [6.45, 7) is 11.2. The molecule has 1 heteroatoms. The minimum atomic E-state index is -0.0407. The Balaban J connectivity index is 1.90. The third-order valence-electron chi connectivity index (χ3n) is 5.72. The molecule has 0 amide bonds. The molecule has 0 radical (unpaired) electrons. The Bertz CT molecular complexity index is 1130. The standard InChI is InChI=1S/C26H23I/c1-5-18(20-14-15-25(27)22-12-7-6-11-21(20)22)16-24-17(2)19-10-8-9-13-23(19)26(24,3)4/h5-16H,2H2,1,3-4H3/b18-5+,24-16+. The number of benzene rings is 3. The van der Waals surface area contributed by atoms with E-state index in [1.807, 2.05) is 0 Å². The molecule has 1 aliphatic carbocycles. The summed E-state index contributed by atoms with van der Waals surface area (Å²) in [5, 5.41) is 2.61. The lowest BCUT2D eigenvalue weighted by Crippen LogP contribution is -2.15. The summed E-state index contributed by atoms with van der Waals surface area (Å²) >= 11 is 2.42. The number of allylic oxidation sites excluding steroid dienone is 5. The van der Waals surface area contributed by atoms with Crippen molar-refractivity contribution in [1.82, 2.24) is 0 Å². The number of halogens is 1. The molecule has 0 spiro atoms. The van der Waals surface area contributed by atoms with Crippen molar-refractivity contribution in [3.05, 3.63) is 105 Å². The fourth-order valence-electron chi connectivity index (χ4n) is 4.21. The average molecular weight is 462 g/mol. The first-order valence-electron chi connectivity index (χ1n) is 9.30. The molecule has 3 aromatic carbocycles. The fraction of sp³-hybridized carbons (Fsp3) is 0.154. The predicted octanol–water partition coefficient (Wildman–Crippen LogP) is 7.78. The Morgan fingerprint density at radius 1 is 0.926 bits per heavy atom. The molecule has 0 nitrogen and oxygen atoms in total. The van der Waals surface area contributed by atoms with Gasteiger partial charge in [-0.3, -0.25) is 0 Å². The molecule has 0 aromatic heterocycles. The lowest BCUT2D eigenvalue weighted by atomic mass is 9.81. The summed E-state index contributed by atoms with van der Waals surface area (Å²) in [5.74, 6) is 0. The minimum absolute atomic E-state index is 0.0407. The van der Waals surface area contributed by atoms with Crippen LogP contribution in [0.2, 0.25) is 0 Å². The van der Waals surface area contributed by atoms with Gasteiger partial charge in [-0.15, -0.1) is 0 Å². The van der Waals surface area contributed by atoms with Crippen LogP contribution < -0.4 is 0 Å². The number of hydrogen-bond donors (Lipinski definition) is 0. The molecule has 3 aromatic rings. The van der Waals surface area contributed by atoms with Crippen molar-refractivity contribution in [3.63, 3.8) is 0 Å². The van der Waals surface area contributed by atoms with Gasteiger partial charge >= 0.3 is 0 Å². The molecule has 0 saturated heterocycles. The van der Waals surface area contributed by atoms with E-state index in [1.165, 1.54) is 42.2 Å². The Morgan fingerprint density at radius 2 is 1.59 bits per heavy atom. The summed E-state index contributed by atoms with van der Waals surface area (Å²) < 4.78 is 1.29. The van der Waals surface area contributed by atoms with Crippen LogP contribution >= 0.6 is 22.6 Å². The third-order valence-corrected chi connectivity index (χ3v) is 6.66. The van der Waals surface area contributed by atoms with Gasteiger partial charge in [0, 0.05) is 8.99 Å². The predicted molar refractivity (Wildman–Crippen MR) is 127 cm³/mol. The molecule has 134 valence electrons. The van der Waals surface area contributed by atoms with Gasteiger partial charge in [0.2, 0.25) is 0 Å². The highest BCUT2D eigenvalue weighted by Crippen LogP contribution is 2.49. The largest absolute Gasteiger partial charge is 0.0908 e. The molecule has 0 bridgehead atoms. The van der Waals surface area contributed by atoms with E-state index in [2.05, 4.69) is 123 Å². The molecule has 1 aliphatic rings. The molecule has 0 fully saturated rings. The van der Waals surface area contributed by atoms with E-state index in [9.17, 15) is 0 Å². The summed E-state index contributed by atoms with van der Waals surface area (Å²) in [7, 11) is 0. The average Bonchev–Trinajstić information content (AvgIpc) is 2.87. The zero-order valence-corrected chi connectivity index (χ0v) is 18.2. The monoisotopic (exact) mass is 462 g/mol. The van der Waals surface area contributed by atoms with Crippen LogP contribution in [-0.4, -0.2) is 0 Å².